The Balaban J connectivity index is 1.86. The van der Waals surface area contributed by atoms with Crippen molar-refractivity contribution >= 4 is 35.3 Å². The van der Waals surface area contributed by atoms with Crippen LogP contribution >= 0.6 is 23.5 Å². The van der Waals surface area contributed by atoms with Crippen LogP contribution in [-0.4, -0.2) is 70.7 Å². The normalized spacial score (nSPS) is 21.2. The predicted octanol–water partition coefficient (Wildman–Crippen LogP) is 0.948. The van der Waals surface area contributed by atoms with E-state index in [2.05, 4.69) is 20.5 Å². The molecule has 9 heteroatoms. The maximum atomic E-state index is 12.6. The van der Waals surface area contributed by atoms with Crippen molar-refractivity contribution < 1.29 is 9.59 Å². The Morgan fingerprint density at radius 2 is 2.04 bits per heavy atom. The SMILES string of the molecule is CSCC(=O)N[C@H]1CC[C@@H](C(=O)NCc2cnc(SC)n2C)CN(C)C1. The Morgan fingerprint density at radius 3 is 2.69 bits per heavy atom. The maximum Gasteiger partial charge on any atom is 0.230 e. The molecule has 0 unspecified atom stereocenters. The van der Waals surface area contributed by atoms with E-state index in [4.69, 9.17) is 0 Å². The number of carbonyl (C=O) groups is 2. The molecule has 146 valence electrons. The Kier molecular flexibility index (Phi) is 8.30. The van der Waals surface area contributed by atoms with Crippen LogP contribution < -0.4 is 10.6 Å². The highest BCUT2D eigenvalue weighted by Crippen LogP contribution is 2.17. The molecule has 1 aromatic rings. The summed E-state index contributed by atoms with van der Waals surface area (Å²) in [5.41, 5.74) is 0.992. The number of likely N-dealkylation sites (tertiary alicyclic amines) is 1. The fourth-order valence-electron chi connectivity index (χ4n) is 3.25. The topological polar surface area (TPSA) is 79.3 Å². The van der Waals surface area contributed by atoms with E-state index in [-0.39, 0.29) is 23.8 Å². The molecule has 1 aliphatic heterocycles. The van der Waals surface area contributed by atoms with E-state index in [1.54, 1.807) is 11.8 Å². The summed E-state index contributed by atoms with van der Waals surface area (Å²) in [5.74, 6) is 0.558. The third-order valence-corrected chi connectivity index (χ3v) is 5.90. The van der Waals surface area contributed by atoms with Gasteiger partial charge in [0.15, 0.2) is 5.16 Å². The van der Waals surface area contributed by atoms with E-state index in [0.717, 1.165) is 30.2 Å². The highest BCUT2D eigenvalue weighted by molar-refractivity contribution is 7.99. The first-order valence-electron chi connectivity index (χ1n) is 8.73. The number of imidazole rings is 1. The number of likely N-dealkylation sites (N-methyl/N-ethyl adjacent to an activating group) is 1. The molecule has 2 atom stereocenters. The summed E-state index contributed by atoms with van der Waals surface area (Å²) < 4.78 is 2.00. The number of aromatic nitrogens is 2. The largest absolute Gasteiger partial charge is 0.351 e. The molecule has 2 rings (SSSR count). The number of rotatable bonds is 7. The van der Waals surface area contributed by atoms with Crippen LogP contribution in [0.1, 0.15) is 18.5 Å². The number of carbonyl (C=O) groups excluding carboxylic acids is 2. The minimum Gasteiger partial charge on any atom is -0.351 e. The summed E-state index contributed by atoms with van der Waals surface area (Å²) in [4.78, 5) is 30.9. The Labute approximate surface area is 164 Å². The fourth-order valence-corrected chi connectivity index (χ4v) is 4.14. The molecule has 7 nitrogen and oxygen atoms in total. The third-order valence-electron chi connectivity index (χ3n) is 4.61. The average molecular weight is 400 g/mol. The lowest BCUT2D eigenvalue weighted by Gasteiger charge is -2.21. The summed E-state index contributed by atoms with van der Waals surface area (Å²) >= 11 is 3.11. The van der Waals surface area contributed by atoms with Crippen LogP contribution in [0, 0.1) is 5.92 Å². The summed E-state index contributed by atoms with van der Waals surface area (Å²) in [6.45, 7) is 1.97. The van der Waals surface area contributed by atoms with Gasteiger partial charge >= 0.3 is 0 Å². The summed E-state index contributed by atoms with van der Waals surface area (Å²) in [5, 5.41) is 7.06. The van der Waals surface area contributed by atoms with Gasteiger partial charge in [-0.2, -0.15) is 11.8 Å². The molecule has 1 fully saturated rings. The lowest BCUT2D eigenvalue weighted by Crippen LogP contribution is -2.42. The van der Waals surface area contributed by atoms with Gasteiger partial charge in [-0.05, 0) is 32.4 Å². The first kappa shape index (κ1) is 21.1. The molecule has 2 heterocycles. The number of thioether (sulfide) groups is 2. The molecule has 26 heavy (non-hydrogen) atoms. The number of nitrogens with zero attached hydrogens (tertiary/aromatic N) is 3. The number of nitrogens with one attached hydrogen (secondary N) is 2. The molecular formula is C17H29N5O2S2. The second-order valence-electron chi connectivity index (χ2n) is 6.71. The van der Waals surface area contributed by atoms with Crippen LogP contribution in [0.4, 0.5) is 0 Å². The van der Waals surface area contributed by atoms with Crippen LogP contribution in [0.2, 0.25) is 0 Å². The molecule has 1 aromatic heterocycles. The molecule has 0 bridgehead atoms. The van der Waals surface area contributed by atoms with Gasteiger partial charge in [0.2, 0.25) is 11.8 Å². The van der Waals surface area contributed by atoms with Crippen molar-refractivity contribution in [2.45, 2.75) is 30.6 Å². The van der Waals surface area contributed by atoms with Crippen LogP contribution in [0.5, 0.6) is 0 Å². The van der Waals surface area contributed by atoms with E-state index in [0.29, 0.717) is 18.8 Å². The zero-order valence-corrected chi connectivity index (χ0v) is 17.6. The standard InChI is InChI=1S/C17H29N5O2S2/c1-21-9-12(5-6-13(10-21)20-15(23)11-25-3)16(24)18-7-14-8-19-17(26-4)22(14)2/h8,12-13H,5-7,9-11H2,1-4H3,(H,18,24)(H,20,23)/t12-,13+/m1/s1. The van der Waals surface area contributed by atoms with E-state index in [9.17, 15) is 9.59 Å². The van der Waals surface area contributed by atoms with Gasteiger partial charge in [-0.1, -0.05) is 11.8 Å². The van der Waals surface area contributed by atoms with Crippen molar-refractivity contribution in [1.82, 2.24) is 25.1 Å². The van der Waals surface area contributed by atoms with E-state index >= 15 is 0 Å². The van der Waals surface area contributed by atoms with Crippen molar-refractivity contribution in [2.75, 3.05) is 38.4 Å². The number of hydrogen-bond donors (Lipinski definition) is 2. The molecule has 0 radical (unpaired) electrons. The first-order chi connectivity index (χ1) is 12.4. The molecule has 1 aliphatic rings. The van der Waals surface area contributed by atoms with Gasteiger partial charge in [0.05, 0.1) is 30.1 Å². The smallest absolute Gasteiger partial charge is 0.230 e. The minimum atomic E-state index is -0.0595. The maximum absolute atomic E-state index is 12.6. The monoisotopic (exact) mass is 399 g/mol. The molecule has 2 N–H and O–H groups in total. The van der Waals surface area contributed by atoms with Gasteiger partial charge in [-0.25, -0.2) is 4.98 Å². The lowest BCUT2D eigenvalue weighted by molar-refractivity contribution is -0.125. The van der Waals surface area contributed by atoms with Crippen LogP contribution in [0.3, 0.4) is 0 Å². The van der Waals surface area contributed by atoms with E-state index in [1.807, 2.05) is 37.4 Å². The van der Waals surface area contributed by atoms with Crippen LogP contribution in [-0.2, 0) is 23.2 Å². The van der Waals surface area contributed by atoms with Gasteiger partial charge in [-0.3, -0.25) is 9.59 Å². The molecule has 0 spiro atoms. The molecular weight excluding hydrogens is 370 g/mol. The number of amides is 2. The zero-order chi connectivity index (χ0) is 19.1. The highest BCUT2D eigenvalue weighted by Gasteiger charge is 2.27. The lowest BCUT2D eigenvalue weighted by atomic mass is 10.0. The van der Waals surface area contributed by atoms with Crippen molar-refractivity contribution in [1.29, 1.82) is 0 Å². The molecule has 0 saturated carbocycles. The second-order valence-corrected chi connectivity index (χ2v) is 8.35. The van der Waals surface area contributed by atoms with Gasteiger partial charge < -0.3 is 20.1 Å². The third kappa shape index (κ3) is 5.92. The predicted molar refractivity (Wildman–Crippen MR) is 107 cm³/mol. The first-order valence-corrected chi connectivity index (χ1v) is 11.4. The molecule has 0 aliphatic carbocycles. The summed E-state index contributed by atoms with van der Waals surface area (Å²) in [6.07, 6.45) is 7.32. The van der Waals surface area contributed by atoms with Crippen LogP contribution in [0.25, 0.3) is 0 Å². The van der Waals surface area contributed by atoms with Crippen LogP contribution in [0.15, 0.2) is 11.4 Å². The van der Waals surface area contributed by atoms with E-state index < -0.39 is 0 Å². The fraction of sp³-hybridized carbons (Fsp3) is 0.706. The second kappa shape index (κ2) is 10.2. The van der Waals surface area contributed by atoms with Crippen molar-refractivity contribution in [3.8, 4) is 0 Å². The minimum absolute atomic E-state index is 0.0595. The Hall–Kier alpha value is -1.19. The van der Waals surface area contributed by atoms with Crippen molar-refractivity contribution in [3.63, 3.8) is 0 Å². The average Bonchev–Trinajstić information content (AvgIpc) is 2.84. The molecule has 1 saturated heterocycles. The molecule has 0 aromatic carbocycles. The number of hydrogen-bond acceptors (Lipinski definition) is 6. The quantitative estimate of drug-likeness (QED) is 0.665. The van der Waals surface area contributed by atoms with Gasteiger partial charge in [0.25, 0.3) is 0 Å². The zero-order valence-electron chi connectivity index (χ0n) is 15.9. The van der Waals surface area contributed by atoms with Gasteiger partial charge in [0, 0.05) is 26.2 Å². The highest BCUT2D eigenvalue weighted by atomic mass is 32.2. The Bertz CT molecular complexity index is 622. The van der Waals surface area contributed by atoms with Crippen molar-refractivity contribution in [2.24, 2.45) is 13.0 Å². The van der Waals surface area contributed by atoms with Gasteiger partial charge in [0.1, 0.15) is 0 Å². The van der Waals surface area contributed by atoms with E-state index in [1.165, 1.54) is 11.8 Å². The summed E-state index contributed by atoms with van der Waals surface area (Å²) in [6, 6.07) is 0.110. The molecule has 2 amide bonds. The van der Waals surface area contributed by atoms with Crippen molar-refractivity contribution in [3.05, 3.63) is 11.9 Å². The Morgan fingerprint density at radius 1 is 1.27 bits per heavy atom. The summed E-state index contributed by atoms with van der Waals surface area (Å²) in [7, 11) is 3.97. The van der Waals surface area contributed by atoms with Gasteiger partial charge in [-0.15, -0.1) is 0 Å².